The van der Waals surface area contributed by atoms with Gasteiger partial charge in [-0.25, -0.2) is 0 Å². The molecule has 0 unspecified atom stereocenters. The summed E-state index contributed by atoms with van der Waals surface area (Å²) in [6, 6.07) is 22.9. The molecule has 0 aliphatic heterocycles. The summed E-state index contributed by atoms with van der Waals surface area (Å²) in [6.45, 7) is -0.338. The van der Waals surface area contributed by atoms with Crippen molar-refractivity contribution in [3.05, 3.63) is 78.4 Å². The summed E-state index contributed by atoms with van der Waals surface area (Å²) in [6.07, 6.45) is 0.626. The van der Waals surface area contributed by atoms with Crippen LogP contribution in [0.5, 0.6) is 11.5 Å². The topological polar surface area (TPSA) is 73.9 Å². The number of amides is 1. The van der Waals surface area contributed by atoms with E-state index >= 15 is 0 Å². The van der Waals surface area contributed by atoms with E-state index < -0.39 is 5.97 Å². The molecule has 0 atom stereocenters. The second kappa shape index (κ2) is 11.8. The zero-order valence-electron chi connectivity index (χ0n) is 18.0. The predicted octanol–water partition coefficient (Wildman–Crippen LogP) is 4.97. The summed E-state index contributed by atoms with van der Waals surface area (Å²) in [5.74, 6) is 0.401. The molecule has 0 heterocycles. The van der Waals surface area contributed by atoms with Gasteiger partial charge in [-0.1, -0.05) is 48.2 Å². The Kier molecular flexibility index (Phi) is 8.57. The Hall–Kier alpha value is -3.45. The fraction of sp³-hybridized carbons (Fsp3) is 0.200. The third kappa shape index (κ3) is 6.78. The van der Waals surface area contributed by atoms with Crippen molar-refractivity contribution < 1.29 is 23.8 Å². The van der Waals surface area contributed by atoms with E-state index in [0.29, 0.717) is 23.6 Å². The first kappa shape index (κ1) is 23.2. The van der Waals surface area contributed by atoms with Crippen molar-refractivity contribution in [1.29, 1.82) is 0 Å². The van der Waals surface area contributed by atoms with Crippen LogP contribution in [-0.2, 0) is 20.7 Å². The molecule has 1 amide bonds. The molecule has 3 aromatic rings. The molecule has 32 heavy (non-hydrogen) atoms. The number of benzene rings is 3. The van der Waals surface area contributed by atoms with E-state index in [4.69, 9.17) is 14.2 Å². The minimum atomic E-state index is -0.443. The first-order valence-electron chi connectivity index (χ1n) is 10.1. The van der Waals surface area contributed by atoms with Gasteiger partial charge >= 0.3 is 5.97 Å². The summed E-state index contributed by atoms with van der Waals surface area (Å²) >= 11 is 1.55. The van der Waals surface area contributed by atoms with E-state index in [-0.39, 0.29) is 18.9 Å². The number of carbonyl (C=O) groups is 2. The maximum absolute atomic E-state index is 12.3. The number of esters is 1. The van der Waals surface area contributed by atoms with Gasteiger partial charge in [0.1, 0.15) is 0 Å². The van der Waals surface area contributed by atoms with Crippen LogP contribution in [0, 0.1) is 0 Å². The Balaban J connectivity index is 1.48. The highest BCUT2D eigenvalue weighted by molar-refractivity contribution is 7.99. The summed E-state index contributed by atoms with van der Waals surface area (Å²) in [4.78, 5) is 26.4. The standard InChI is InChI=1S/C25H25NO5S/c1-29-21-14-12-18(16-22(21)30-2)13-15-25(28)31-17-24(27)26-20-10-6-7-11-23(20)32-19-8-4-3-5-9-19/h3-12,14,16H,13,15,17H2,1-2H3,(H,26,27). The number of carbonyl (C=O) groups excluding carboxylic acids is 2. The SMILES string of the molecule is COc1ccc(CCC(=O)OCC(=O)Nc2ccccc2Sc2ccccc2)cc1OC. The van der Waals surface area contributed by atoms with E-state index in [1.165, 1.54) is 0 Å². The quantitative estimate of drug-likeness (QED) is 0.439. The van der Waals surface area contributed by atoms with Crippen LogP contribution in [0.25, 0.3) is 0 Å². The summed E-state index contributed by atoms with van der Waals surface area (Å²) < 4.78 is 15.6. The van der Waals surface area contributed by atoms with Gasteiger partial charge in [0, 0.05) is 16.2 Å². The van der Waals surface area contributed by atoms with Gasteiger partial charge in [-0.05, 0) is 48.4 Å². The fourth-order valence-corrected chi connectivity index (χ4v) is 3.88. The van der Waals surface area contributed by atoms with Crippen molar-refractivity contribution in [3.8, 4) is 11.5 Å². The summed E-state index contributed by atoms with van der Waals surface area (Å²) in [5, 5.41) is 2.82. The molecule has 1 N–H and O–H groups in total. The molecule has 3 rings (SSSR count). The molecular weight excluding hydrogens is 426 g/mol. The van der Waals surface area contributed by atoms with Crippen LogP contribution in [0.1, 0.15) is 12.0 Å². The zero-order valence-corrected chi connectivity index (χ0v) is 18.8. The molecule has 3 aromatic carbocycles. The number of anilines is 1. The normalized spacial score (nSPS) is 10.3. The number of para-hydroxylation sites is 1. The van der Waals surface area contributed by atoms with Gasteiger partial charge in [-0.2, -0.15) is 0 Å². The predicted molar refractivity (Wildman–Crippen MR) is 124 cm³/mol. The lowest BCUT2D eigenvalue weighted by molar-refractivity contribution is -0.147. The Morgan fingerprint density at radius 3 is 2.34 bits per heavy atom. The van der Waals surface area contributed by atoms with Crippen LogP contribution >= 0.6 is 11.8 Å². The average molecular weight is 452 g/mol. The van der Waals surface area contributed by atoms with Gasteiger partial charge in [0.25, 0.3) is 5.91 Å². The van der Waals surface area contributed by atoms with Crippen molar-refractivity contribution >= 4 is 29.3 Å². The van der Waals surface area contributed by atoms with Gasteiger partial charge in [0.05, 0.1) is 19.9 Å². The maximum Gasteiger partial charge on any atom is 0.306 e. The molecule has 0 saturated carbocycles. The molecule has 166 valence electrons. The minimum Gasteiger partial charge on any atom is -0.493 e. The van der Waals surface area contributed by atoms with Crippen LogP contribution in [0.2, 0.25) is 0 Å². The number of rotatable bonds is 10. The summed E-state index contributed by atoms with van der Waals surface area (Å²) in [5.41, 5.74) is 1.59. The van der Waals surface area contributed by atoms with Crippen LogP contribution in [0.4, 0.5) is 5.69 Å². The van der Waals surface area contributed by atoms with Gasteiger partial charge in [-0.15, -0.1) is 0 Å². The number of nitrogens with one attached hydrogen (secondary N) is 1. The molecule has 0 aliphatic rings. The third-order valence-corrected chi connectivity index (χ3v) is 5.65. The molecule has 0 aliphatic carbocycles. The zero-order chi connectivity index (χ0) is 22.8. The van der Waals surface area contributed by atoms with Gasteiger partial charge in [0.15, 0.2) is 18.1 Å². The Labute approximate surface area is 191 Å². The van der Waals surface area contributed by atoms with Crippen LogP contribution in [0.3, 0.4) is 0 Å². The Morgan fingerprint density at radius 1 is 0.875 bits per heavy atom. The second-order valence-electron chi connectivity index (χ2n) is 6.81. The van der Waals surface area contributed by atoms with Crippen molar-refractivity contribution in [1.82, 2.24) is 0 Å². The number of methoxy groups -OCH3 is 2. The molecule has 0 bridgehead atoms. The van der Waals surface area contributed by atoms with Crippen molar-refractivity contribution in [2.24, 2.45) is 0 Å². The Morgan fingerprint density at radius 2 is 1.59 bits per heavy atom. The molecule has 0 spiro atoms. The van der Waals surface area contributed by atoms with Crippen LogP contribution < -0.4 is 14.8 Å². The molecule has 7 heteroatoms. The average Bonchev–Trinajstić information content (AvgIpc) is 2.83. The molecule has 0 aromatic heterocycles. The number of ether oxygens (including phenoxy) is 3. The maximum atomic E-state index is 12.3. The van der Waals surface area contributed by atoms with Crippen molar-refractivity contribution in [2.45, 2.75) is 22.6 Å². The van der Waals surface area contributed by atoms with Crippen LogP contribution in [0.15, 0.2) is 82.6 Å². The molecule has 6 nitrogen and oxygen atoms in total. The van der Waals surface area contributed by atoms with E-state index in [2.05, 4.69) is 5.32 Å². The lowest BCUT2D eigenvalue weighted by Gasteiger charge is -2.11. The summed E-state index contributed by atoms with van der Waals surface area (Å²) in [7, 11) is 3.13. The fourth-order valence-electron chi connectivity index (χ4n) is 2.96. The monoisotopic (exact) mass is 451 g/mol. The molecular formula is C25H25NO5S. The number of aryl methyl sites for hydroxylation is 1. The molecule has 0 saturated heterocycles. The van der Waals surface area contributed by atoms with E-state index in [1.54, 1.807) is 32.0 Å². The number of hydrogen-bond donors (Lipinski definition) is 1. The second-order valence-corrected chi connectivity index (χ2v) is 7.92. The highest BCUT2D eigenvalue weighted by Crippen LogP contribution is 2.33. The smallest absolute Gasteiger partial charge is 0.306 e. The lowest BCUT2D eigenvalue weighted by Crippen LogP contribution is -2.21. The van der Waals surface area contributed by atoms with Crippen LogP contribution in [-0.4, -0.2) is 32.7 Å². The highest BCUT2D eigenvalue weighted by Gasteiger charge is 2.12. The number of hydrogen-bond acceptors (Lipinski definition) is 6. The minimum absolute atomic E-state index is 0.156. The first-order valence-corrected chi connectivity index (χ1v) is 10.9. The van der Waals surface area contributed by atoms with Crippen molar-refractivity contribution in [3.63, 3.8) is 0 Å². The van der Waals surface area contributed by atoms with Gasteiger partial charge in [0.2, 0.25) is 0 Å². The lowest BCUT2D eigenvalue weighted by atomic mass is 10.1. The van der Waals surface area contributed by atoms with E-state index in [1.807, 2.05) is 66.7 Å². The third-order valence-electron chi connectivity index (χ3n) is 4.56. The highest BCUT2D eigenvalue weighted by atomic mass is 32.2. The van der Waals surface area contributed by atoms with Gasteiger partial charge in [-0.3, -0.25) is 9.59 Å². The molecule has 0 fully saturated rings. The van der Waals surface area contributed by atoms with E-state index in [9.17, 15) is 9.59 Å². The largest absolute Gasteiger partial charge is 0.493 e. The first-order chi connectivity index (χ1) is 15.6. The van der Waals surface area contributed by atoms with E-state index in [0.717, 1.165) is 15.4 Å². The molecule has 0 radical (unpaired) electrons. The van der Waals surface area contributed by atoms with Gasteiger partial charge < -0.3 is 19.5 Å². The van der Waals surface area contributed by atoms with Crippen molar-refractivity contribution in [2.75, 3.05) is 26.1 Å². The Bertz CT molecular complexity index is 1060.